The Morgan fingerprint density at radius 1 is 1.24 bits per heavy atom. The molecule has 2 heterocycles. The van der Waals surface area contributed by atoms with Crippen LogP contribution in [0.1, 0.15) is 45.4 Å². The number of thiophene rings is 1. The van der Waals surface area contributed by atoms with E-state index in [9.17, 15) is 14.9 Å². The van der Waals surface area contributed by atoms with Crippen LogP contribution in [0.3, 0.4) is 0 Å². The van der Waals surface area contributed by atoms with Crippen molar-refractivity contribution in [2.75, 3.05) is 0 Å². The Kier molecular flexibility index (Phi) is 3.94. The number of aryl methyl sites for hydroxylation is 2. The molecule has 3 aromatic rings. The molecule has 0 saturated heterocycles. The number of fused-ring (bicyclic) bond motifs is 3. The van der Waals surface area contributed by atoms with Gasteiger partial charge >= 0.3 is 0 Å². The second-order valence-corrected chi connectivity index (χ2v) is 7.22. The Morgan fingerprint density at radius 2 is 2.00 bits per heavy atom. The smallest absolute Gasteiger partial charge is 0.259 e. The van der Waals surface area contributed by atoms with Crippen molar-refractivity contribution in [3.05, 3.63) is 62.5 Å². The maximum Gasteiger partial charge on any atom is 0.259 e. The number of aromatic amines is 1. The number of carbonyl (C=O) groups excluding carboxylic acids is 1. The molecular formula is C19H15N3O2S. The van der Waals surface area contributed by atoms with E-state index in [4.69, 9.17) is 0 Å². The first-order valence-corrected chi connectivity index (χ1v) is 9.04. The first-order chi connectivity index (χ1) is 12.2. The quantitative estimate of drug-likeness (QED) is 0.735. The van der Waals surface area contributed by atoms with E-state index in [2.05, 4.69) is 9.97 Å². The Balaban J connectivity index is 1.82. The molecule has 1 N–H and O–H groups in total. The summed E-state index contributed by atoms with van der Waals surface area (Å²) in [5.74, 6) is -1.34. The number of ketones is 1. The van der Waals surface area contributed by atoms with Crippen LogP contribution in [0.25, 0.3) is 10.2 Å². The highest BCUT2D eigenvalue weighted by molar-refractivity contribution is 7.18. The van der Waals surface area contributed by atoms with Crippen molar-refractivity contribution in [2.45, 2.75) is 31.6 Å². The molecule has 124 valence electrons. The van der Waals surface area contributed by atoms with Gasteiger partial charge in [-0.1, -0.05) is 30.3 Å². The van der Waals surface area contributed by atoms with Gasteiger partial charge in [-0.15, -0.1) is 11.3 Å². The lowest BCUT2D eigenvalue weighted by molar-refractivity contribution is 0.0976. The summed E-state index contributed by atoms with van der Waals surface area (Å²) in [6, 6.07) is 10.6. The number of nitriles is 1. The monoisotopic (exact) mass is 349 g/mol. The molecule has 5 nitrogen and oxygen atoms in total. The maximum atomic E-state index is 12.6. The fourth-order valence-electron chi connectivity index (χ4n) is 3.33. The molecule has 0 radical (unpaired) electrons. The van der Waals surface area contributed by atoms with Gasteiger partial charge in [0.05, 0.1) is 11.5 Å². The lowest BCUT2D eigenvalue weighted by Crippen LogP contribution is -2.19. The fourth-order valence-corrected chi connectivity index (χ4v) is 4.60. The second-order valence-electron chi connectivity index (χ2n) is 6.13. The summed E-state index contributed by atoms with van der Waals surface area (Å²) < 4.78 is 0. The number of hydrogen-bond acceptors (Lipinski definition) is 5. The zero-order valence-electron chi connectivity index (χ0n) is 13.4. The van der Waals surface area contributed by atoms with E-state index in [0.29, 0.717) is 15.8 Å². The summed E-state index contributed by atoms with van der Waals surface area (Å²) in [6.45, 7) is 0. The molecular weight excluding hydrogens is 334 g/mol. The number of nitrogens with zero attached hydrogens (tertiary/aromatic N) is 2. The van der Waals surface area contributed by atoms with Crippen LogP contribution < -0.4 is 5.56 Å². The first kappa shape index (κ1) is 15.7. The van der Waals surface area contributed by atoms with Gasteiger partial charge in [0.1, 0.15) is 10.7 Å². The molecule has 0 spiro atoms. The minimum absolute atomic E-state index is 0.132. The summed E-state index contributed by atoms with van der Waals surface area (Å²) in [4.78, 5) is 34.2. The molecule has 25 heavy (non-hydrogen) atoms. The van der Waals surface area contributed by atoms with Crippen molar-refractivity contribution >= 4 is 27.3 Å². The summed E-state index contributed by atoms with van der Waals surface area (Å²) in [7, 11) is 0. The van der Waals surface area contributed by atoms with Gasteiger partial charge in [-0.25, -0.2) is 4.98 Å². The van der Waals surface area contributed by atoms with Crippen LogP contribution in [-0.4, -0.2) is 15.8 Å². The van der Waals surface area contributed by atoms with E-state index in [1.807, 2.05) is 6.07 Å². The molecule has 2 aromatic heterocycles. The molecule has 0 fully saturated rings. The van der Waals surface area contributed by atoms with E-state index in [0.717, 1.165) is 31.2 Å². The maximum absolute atomic E-state index is 12.6. The largest absolute Gasteiger partial charge is 0.308 e. The van der Waals surface area contributed by atoms with Crippen LogP contribution in [0.2, 0.25) is 0 Å². The lowest BCUT2D eigenvalue weighted by Gasteiger charge is -2.10. The fraction of sp³-hybridized carbons (Fsp3) is 0.263. The number of carbonyl (C=O) groups is 1. The third kappa shape index (κ3) is 2.67. The van der Waals surface area contributed by atoms with Crippen LogP contribution >= 0.6 is 11.3 Å². The SMILES string of the molecule is N#CC(C(=O)c1ccccc1)c1nc2sc3c(c2c(=O)[nH]1)CCCC3. The second kappa shape index (κ2) is 6.26. The molecule has 4 rings (SSSR count). The predicted molar refractivity (Wildman–Crippen MR) is 96.0 cm³/mol. The van der Waals surface area contributed by atoms with E-state index in [1.54, 1.807) is 30.3 Å². The number of hydrogen-bond donors (Lipinski definition) is 1. The minimum atomic E-state index is -1.11. The topological polar surface area (TPSA) is 86.6 Å². The van der Waals surface area contributed by atoms with E-state index in [1.165, 1.54) is 16.2 Å². The molecule has 0 amide bonds. The van der Waals surface area contributed by atoms with Gasteiger partial charge in [-0.2, -0.15) is 5.26 Å². The van der Waals surface area contributed by atoms with Crippen LogP contribution in [-0.2, 0) is 12.8 Å². The Labute approximate surface area is 148 Å². The lowest BCUT2D eigenvalue weighted by atomic mass is 9.96. The molecule has 0 bridgehead atoms. The standard InChI is InChI=1S/C19H15N3O2S/c20-10-13(16(23)11-6-2-1-3-7-11)17-21-18(24)15-12-8-4-5-9-14(12)25-19(15)22-17/h1-3,6-7,13H,4-5,8-9H2,(H,21,22,24). The highest BCUT2D eigenvalue weighted by Gasteiger charge is 2.26. The zero-order chi connectivity index (χ0) is 17.4. The summed E-state index contributed by atoms with van der Waals surface area (Å²) in [6.07, 6.45) is 4.06. The third-order valence-corrected chi connectivity index (χ3v) is 5.75. The van der Waals surface area contributed by atoms with Crippen molar-refractivity contribution in [1.82, 2.24) is 9.97 Å². The molecule has 1 aromatic carbocycles. The normalized spacial score (nSPS) is 14.7. The van der Waals surface area contributed by atoms with Crippen molar-refractivity contribution in [3.63, 3.8) is 0 Å². The number of rotatable bonds is 3. The van der Waals surface area contributed by atoms with Gasteiger partial charge in [0.15, 0.2) is 11.7 Å². The average molecular weight is 349 g/mol. The summed E-state index contributed by atoms with van der Waals surface area (Å²) >= 11 is 1.51. The van der Waals surface area contributed by atoms with E-state index >= 15 is 0 Å². The molecule has 1 unspecified atom stereocenters. The number of benzene rings is 1. The first-order valence-electron chi connectivity index (χ1n) is 8.22. The zero-order valence-corrected chi connectivity index (χ0v) is 14.2. The highest BCUT2D eigenvalue weighted by Crippen LogP contribution is 2.34. The number of H-pyrrole nitrogens is 1. The van der Waals surface area contributed by atoms with Gasteiger partial charge in [-0.05, 0) is 31.2 Å². The average Bonchev–Trinajstić information content (AvgIpc) is 3.02. The number of Topliss-reactive ketones (excluding diaryl/α,β-unsaturated/α-hetero) is 1. The number of aromatic nitrogens is 2. The van der Waals surface area contributed by atoms with Gasteiger partial charge in [0.25, 0.3) is 5.56 Å². The predicted octanol–water partition coefficient (Wildman–Crippen LogP) is 3.35. The van der Waals surface area contributed by atoms with Crippen LogP contribution in [0.4, 0.5) is 0 Å². The van der Waals surface area contributed by atoms with Crippen LogP contribution in [0.5, 0.6) is 0 Å². The van der Waals surface area contributed by atoms with Crippen molar-refractivity contribution in [2.24, 2.45) is 0 Å². The van der Waals surface area contributed by atoms with Crippen molar-refractivity contribution < 1.29 is 4.79 Å². The van der Waals surface area contributed by atoms with E-state index in [-0.39, 0.29) is 17.2 Å². The number of nitrogens with one attached hydrogen (secondary N) is 1. The van der Waals surface area contributed by atoms with Crippen molar-refractivity contribution in [3.8, 4) is 6.07 Å². The highest BCUT2D eigenvalue weighted by atomic mass is 32.1. The van der Waals surface area contributed by atoms with Gasteiger partial charge in [0.2, 0.25) is 0 Å². The Bertz CT molecular complexity index is 1060. The summed E-state index contributed by atoms with van der Waals surface area (Å²) in [5, 5.41) is 10.1. The Morgan fingerprint density at radius 3 is 2.76 bits per heavy atom. The van der Waals surface area contributed by atoms with Crippen molar-refractivity contribution in [1.29, 1.82) is 5.26 Å². The minimum Gasteiger partial charge on any atom is -0.308 e. The summed E-state index contributed by atoms with van der Waals surface area (Å²) in [5.41, 5.74) is 1.28. The van der Waals surface area contributed by atoms with Crippen LogP contribution in [0, 0.1) is 11.3 Å². The van der Waals surface area contributed by atoms with Gasteiger partial charge in [-0.3, -0.25) is 9.59 Å². The molecule has 1 aliphatic carbocycles. The molecule has 0 saturated carbocycles. The van der Waals surface area contributed by atoms with Gasteiger partial charge < -0.3 is 4.98 Å². The molecule has 1 aliphatic rings. The Hall–Kier alpha value is -2.78. The third-order valence-electron chi connectivity index (χ3n) is 4.57. The van der Waals surface area contributed by atoms with E-state index < -0.39 is 5.92 Å². The molecule has 6 heteroatoms. The van der Waals surface area contributed by atoms with Gasteiger partial charge in [0, 0.05) is 10.4 Å². The molecule has 0 aliphatic heterocycles. The van der Waals surface area contributed by atoms with Crippen LogP contribution in [0.15, 0.2) is 35.1 Å². The molecule has 1 atom stereocenters.